The third-order valence-corrected chi connectivity index (χ3v) is 10.9. The van der Waals surface area contributed by atoms with E-state index in [1.54, 1.807) is 36.4 Å². The molecular weight excluding hydrogens is 595 g/mol. The minimum Gasteiger partial charge on any atom is -0.354 e. The van der Waals surface area contributed by atoms with E-state index in [-0.39, 0.29) is 23.3 Å². The molecule has 1 saturated heterocycles. The van der Waals surface area contributed by atoms with Crippen LogP contribution >= 0.6 is 11.3 Å². The molecule has 246 valence electrons. The molecule has 8 nitrogen and oxygen atoms in total. The first-order valence-corrected chi connectivity index (χ1v) is 17.5. The summed E-state index contributed by atoms with van der Waals surface area (Å²) in [7, 11) is 5.51. The van der Waals surface area contributed by atoms with Gasteiger partial charge in [0.25, 0.3) is 0 Å². The number of nitrogens with one attached hydrogen (secondary N) is 1. The lowest BCUT2D eigenvalue weighted by Crippen LogP contribution is -2.56. The number of nitrogens with zero attached hydrogens (tertiary/aromatic N) is 3. The smallest absolute Gasteiger partial charge is 0.246 e. The molecule has 2 aliphatic rings. The Kier molecular flexibility index (Phi) is 11.3. The predicted molar refractivity (Wildman–Crippen MR) is 187 cm³/mol. The Morgan fingerprint density at radius 2 is 1.80 bits per heavy atom. The van der Waals surface area contributed by atoms with E-state index in [9.17, 15) is 14.4 Å². The number of thiophene rings is 1. The van der Waals surface area contributed by atoms with E-state index in [4.69, 9.17) is 5.73 Å². The monoisotopic (exact) mass is 643 g/mol. The molecule has 0 radical (unpaired) electrons. The Balaban J connectivity index is 1.36. The Hall–Kier alpha value is -3.53. The van der Waals surface area contributed by atoms with Crippen molar-refractivity contribution in [2.24, 2.45) is 5.73 Å². The van der Waals surface area contributed by atoms with Crippen molar-refractivity contribution in [3.05, 3.63) is 82.6 Å². The highest BCUT2D eigenvalue weighted by molar-refractivity contribution is 7.09. The fourth-order valence-corrected chi connectivity index (χ4v) is 7.46. The molecule has 1 unspecified atom stereocenters. The molecular formula is C37H49N5O3S. The van der Waals surface area contributed by atoms with Crippen LogP contribution in [0.4, 0.5) is 0 Å². The maximum absolute atomic E-state index is 14.5. The first-order chi connectivity index (χ1) is 22.1. The summed E-state index contributed by atoms with van der Waals surface area (Å²) in [4.78, 5) is 48.2. The Morgan fingerprint density at radius 3 is 2.48 bits per heavy atom. The molecule has 3 aromatic rings. The molecule has 1 aliphatic carbocycles. The lowest BCUT2D eigenvalue weighted by atomic mass is 9.75. The van der Waals surface area contributed by atoms with E-state index in [0.29, 0.717) is 31.8 Å². The minimum atomic E-state index is -0.801. The molecule has 9 heteroatoms. The van der Waals surface area contributed by atoms with Crippen molar-refractivity contribution in [3.63, 3.8) is 0 Å². The highest BCUT2D eigenvalue weighted by Gasteiger charge is 2.35. The summed E-state index contributed by atoms with van der Waals surface area (Å²) in [5.74, 6) is -0.689. The van der Waals surface area contributed by atoms with E-state index >= 15 is 0 Å². The van der Waals surface area contributed by atoms with Crippen LogP contribution in [0.3, 0.4) is 0 Å². The molecule has 1 aliphatic heterocycles. The van der Waals surface area contributed by atoms with Crippen molar-refractivity contribution < 1.29 is 14.4 Å². The summed E-state index contributed by atoms with van der Waals surface area (Å²) in [5.41, 5.74) is 7.10. The summed E-state index contributed by atoms with van der Waals surface area (Å²) >= 11 is 1.57. The molecule has 2 aromatic carbocycles. The van der Waals surface area contributed by atoms with Crippen LogP contribution in [-0.4, -0.2) is 90.3 Å². The van der Waals surface area contributed by atoms with Crippen LogP contribution in [0.2, 0.25) is 0 Å². The number of nitrogens with two attached hydrogens (primary N) is 1. The van der Waals surface area contributed by atoms with Crippen LogP contribution < -0.4 is 11.1 Å². The molecule has 3 N–H and O–H groups in total. The lowest BCUT2D eigenvalue weighted by Gasteiger charge is -2.37. The number of carbonyl (C=O) groups is 3. The number of carbonyl (C=O) groups excluding carboxylic acids is 3. The van der Waals surface area contributed by atoms with Gasteiger partial charge < -0.3 is 25.8 Å². The summed E-state index contributed by atoms with van der Waals surface area (Å²) < 4.78 is 0. The maximum Gasteiger partial charge on any atom is 0.246 e. The minimum absolute atomic E-state index is 0.169. The molecule has 0 spiro atoms. The Bertz CT molecular complexity index is 1520. The molecule has 1 saturated carbocycles. The average molecular weight is 644 g/mol. The summed E-state index contributed by atoms with van der Waals surface area (Å²) in [6.07, 6.45) is 11.0. The quantitative estimate of drug-likeness (QED) is 0.247. The van der Waals surface area contributed by atoms with Gasteiger partial charge in [-0.1, -0.05) is 54.6 Å². The van der Waals surface area contributed by atoms with Crippen LogP contribution in [0.1, 0.15) is 55.4 Å². The van der Waals surface area contributed by atoms with Crippen molar-refractivity contribution in [1.82, 2.24) is 20.0 Å². The average Bonchev–Trinajstić information content (AvgIpc) is 3.72. The summed E-state index contributed by atoms with van der Waals surface area (Å²) in [6, 6.07) is 17.2. The van der Waals surface area contributed by atoms with E-state index in [1.165, 1.54) is 11.3 Å². The normalized spacial score (nSPS) is 19.1. The molecule has 1 aromatic heterocycles. The molecule has 46 heavy (non-hydrogen) atoms. The molecule has 2 fully saturated rings. The van der Waals surface area contributed by atoms with Crippen molar-refractivity contribution in [2.75, 3.05) is 34.2 Å². The van der Waals surface area contributed by atoms with Gasteiger partial charge in [0, 0.05) is 49.9 Å². The zero-order valence-electron chi connectivity index (χ0n) is 27.5. The number of likely N-dealkylation sites (N-methyl/N-ethyl adjacent to an activating group) is 2. The molecule has 3 atom stereocenters. The third kappa shape index (κ3) is 8.43. The van der Waals surface area contributed by atoms with E-state index in [2.05, 4.69) is 29.4 Å². The first kappa shape index (κ1) is 33.8. The second-order valence-corrected chi connectivity index (χ2v) is 14.3. The number of amides is 3. The van der Waals surface area contributed by atoms with Crippen LogP contribution in [0.5, 0.6) is 0 Å². The third-order valence-electron chi connectivity index (χ3n) is 10.0. The predicted octanol–water partition coefficient (Wildman–Crippen LogP) is 4.77. The van der Waals surface area contributed by atoms with E-state index in [1.807, 2.05) is 53.9 Å². The summed E-state index contributed by atoms with van der Waals surface area (Å²) in [6.45, 7) is 1.65. The van der Waals surface area contributed by atoms with Crippen LogP contribution in [0, 0.1) is 0 Å². The number of hydrogen-bond donors (Lipinski definition) is 2. The highest BCUT2D eigenvalue weighted by Crippen LogP contribution is 2.32. The van der Waals surface area contributed by atoms with Gasteiger partial charge in [0.15, 0.2) is 0 Å². The van der Waals surface area contributed by atoms with Crippen molar-refractivity contribution >= 4 is 39.8 Å². The topological polar surface area (TPSA) is 99.0 Å². The molecule has 2 heterocycles. The van der Waals surface area contributed by atoms with Gasteiger partial charge in [-0.2, -0.15) is 0 Å². The maximum atomic E-state index is 14.5. The molecule has 3 amide bonds. The van der Waals surface area contributed by atoms with Gasteiger partial charge in [-0.25, -0.2) is 0 Å². The molecule has 5 rings (SSSR count). The fourth-order valence-electron chi connectivity index (χ4n) is 6.72. The Labute approximate surface area is 277 Å². The first-order valence-electron chi connectivity index (χ1n) is 16.6. The highest BCUT2D eigenvalue weighted by atomic mass is 32.1. The van der Waals surface area contributed by atoms with Gasteiger partial charge in [-0.15, -0.1) is 11.3 Å². The second-order valence-electron chi connectivity index (χ2n) is 13.3. The SMILES string of the molecule is CN1CCCC1CCNC(=O)[C@@H](Cc1cccs1)N(C)C(=O)[C@@H](Cc1ccc2ccccc2c1)N(C)C(=O)/C=C/CC1(N)CCC1. The number of benzene rings is 2. The second kappa shape index (κ2) is 15.4. The van der Waals surface area contributed by atoms with Crippen molar-refractivity contribution in [1.29, 1.82) is 0 Å². The standard InChI is InChI=1S/C37H49N5O3S/c1-40-22-7-12-30(40)17-21-39-35(44)32(26-31-13-8-23-46-31)42(3)36(45)33(25-27-15-16-28-10-4-5-11-29(28)24-27)41(2)34(43)14-6-18-37(38)19-9-20-37/h4-6,8,10-11,13-16,23-24,30,32-33H,7,9,12,17-22,25-26,38H2,1-3H3,(H,39,44)/b14-6+/t30?,32-,33-/m1/s1. The van der Waals surface area contributed by atoms with Gasteiger partial charge in [0.05, 0.1) is 0 Å². The lowest BCUT2D eigenvalue weighted by molar-refractivity contribution is -0.146. The largest absolute Gasteiger partial charge is 0.354 e. The number of hydrogen-bond acceptors (Lipinski definition) is 6. The van der Waals surface area contributed by atoms with Crippen molar-refractivity contribution in [2.45, 2.75) is 81.5 Å². The fraction of sp³-hybridized carbons (Fsp3) is 0.486. The number of rotatable bonds is 14. The van der Waals surface area contributed by atoms with Gasteiger partial charge in [-0.3, -0.25) is 14.4 Å². The molecule has 0 bridgehead atoms. The zero-order chi connectivity index (χ0) is 32.7. The van der Waals surface area contributed by atoms with Crippen LogP contribution in [-0.2, 0) is 27.2 Å². The number of likely N-dealkylation sites (tertiary alicyclic amines) is 1. The van der Waals surface area contributed by atoms with Gasteiger partial charge in [0.1, 0.15) is 12.1 Å². The zero-order valence-corrected chi connectivity index (χ0v) is 28.3. The van der Waals surface area contributed by atoms with Crippen LogP contribution in [0.25, 0.3) is 10.8 Å². The Morgan fingerprint density at radius 1 is 1.02 bits per heavy atom. The van der Waals surface area contributed by atoms with Crippen molar-refractivity contribution in [3.8, 4) is 0 Å². The van der Waals surface area contributed by atoms with E-state index < -0.39 is 12.1 Å². The van der Waals surface area contributed by atoms with Gasteiger partial charge in [-0.05, 0) is 92.4 Å². The van der Waals surface area contributed by atoms with Gasteiger partial charge in [0.2, 0.25) is 17.7 Å². The van der Waals surface area contributed by atoms with E-state index in [0.717, 1.165) is 59.9 Å². The van der Waals surface area contributed by atoms with Gasteiger partial charge >= 0.3 is 0 Å². The van der Waals surface area contributed by atoms with Crippen LogP contribution in [0.15, 0.2) is 72.1 Å². The number of fused-ring (bicyclic) bond motifs is 1. The summed E-state index contributed by atoms with van der Waals surface area (Å²) in [5, 5.41) is 7.31.